The summed E-state index contributed by atoms with van der Waals surface area (Å²) in [5.74, 6) is 0.332. The van der Waals surface area contributed by atoms with Gasteiger partial charge < -0.3 is 9.32 Å². The Morgan fingerprint density at radius 2 is 1.87 bits per heavy atom. The first-order valence-corrected chi connectivity index (χ1v) is 12.4. The van der Waals surface area contributed by atoms with Gasteiger partial charge in [-0.1, -0.05) is 44.2 Å². The number of quaternary nitrogens is 1. The van der Waals surface area contributed by atoms with Crippen molar-refractivity contribution in [3.63, 3.8) is 0 Å². The molecule has 1 aliphatic heterocycles. The first-order chi connectivity index (χ1) is 14.9. The zero-order valence-electron chi connectivity index (χ0n) is 17.7. The number of aromatic nitrogens is 2. The third-order valence-corrected chi connectivity index (χ3v) is 8.05. The Kier molecular flexibility index (Phi) is 6.38. The summed E-state index contributed by atoms with van der Waals surface area (Å²) in [6.45, 7) is 7.00. The Morgan fingerprint density at radius 3 is 2.61 bits per heavy atom. The van der Waals surface area contributed by atoms with Crippen molar-refractivity contribution >= 4 is 22.2 Å². The van der Waals surface area contributed by atoms with Crippen molar-refractivity contribution in [1.29, 1.82) is 0 Å². The fraction of sp³-hybridized carbons (Fsp3) is 0.364. The molecule has 0 bridgehead atoms. The number of nitrogens with one attached hydrogen (secondary N) is 1. The van der Waals surface area contributed by atoms with Crippen LogP contribution in [0.4, 0.5) is 0 Å². The van der Waals surface area contributed by atoms with E-state index < -0.39 is 10.0 Å². The van der Waals surface area contributed by atoms with E-state index in [0.717, 1.165) is 19.5 Å². The van der Waals surface area contributed by atoms with Crippen molar-refractivity contribution in [3.8, 4) is 11.5 Å². The Bertz CT molecular complexity index is 1230. The predicted octanol–water partition coefficient (Wildman–Crippen LogP) is 2.50. The molecule has 0 saturated heterocycles. The molecule has 1 aromatic heterocycles. The summed E-state index contributed by atoms with van der Waals surface area (Å²) in [6, 6.07) is 15.2. The fourth-order valence-corrected chi connectivity index (χ4v) is 5.70. The van der Waals surface area contributed by atoms with Gasteiger partial charge in [0.25, 0.3) is 4.84 Å². The molecule has 31 heavy (non-hydrogen) atoms. The van der Waals surface area contributed by atoms with Gasteiger partial charge in [-0.05, 0) is 36.0 Å². The summed E-state index contributed by atoms with van der Waals surface area (Å²) >= 11 is 5.40. The SMILES string of the molecule is CCN(CC)S(=O)(=O)c1cccc(-c2nn(C[NH+]3CCc4ccccc4C3)c(=S)o2)c1. The van der Waals surface area contributed by atoms with Crippen LogP contribution in [0.25, 0.3) is 11.5 Å². The molecule has 0 aliphatic carbocycles. The van der Waals surface area contributed by atoms with E-state index in [0.29, 0.717) is 36.0 Å². The van der Waals surface area contributed by atoms with Crippen molar-refractivity contribution in [2.45, 2.75) is 38.4 Å². The first-order valence-electron chi connectivity index (χ1n) is 10.5. The zero-order chi connectivity index (χ0) is 22.0. The number of benzene rings is 2. The molecule has 0 radical (unpaired) electrons. The molecule has 0 amide bonds. The molecule has 4 rings (SSSR count). The van der Waals surface area contributed by atoms with Crippen LogP contribution in [-0.2, 0) is 29.7 Å². The van der Waals surface area contributed by atoms with Crippen LogP contribution >= 0.6 is 12.2 Å². The minimum absolute atomic E-state index is 0.225. The maximum absolute atomic E-state index is 12.9. The standard InChI is InChI=1S/C22H26N4O3S2/c1-3-25(4-2)31(27,28)20-11-7-10-18(14-20)21-23-26(22(30)29-21)16-24-13-12-17-8-5-6-9-19(17)15-24/h5-11,14H,3-4,12-13,15-16H2,1-2H3/p+1. The van der Waals surface area contributed by atoms with E-state index in [1.807, 2.05) is 13.8 Å². The summed E-state index contributed by atoms with van der Waals surface area (Å²) in [5.41, 5.74) is 3.35. The largest absolute Gasteiger partial charge is 0.409 e. The molecule has 3 aromatic rings. The molecular formula is C22H27N4O3S2+. The van der Waals surface area contributed by atoms with E-state index in [1.165, 1.54) is 20.3 Å². The monoisotopic (exact) mass is 459 g/mol. The van der Waals surface area contributed by atoms with Crippen LogP contribution in [0.5, 0.6) is 0 Å². The normalized spacial score (nSPS) is 16.4. The van der Waals surface area contributed by atoms with Gasteiger partial charge in [-0.2, -0.15) is 8.99 Å². The quantitative estimate of drug-likeness (QED) is 0.550. The second-order valence-electron chi connectivity index (χ2n) is 7.64. The average Bonchev–Trinajstić information content (AvgIpc) is 3.14. The molecule has 2 aromatic carbocycles. The molecule has 0 saturated carbocycles. The smallest absolute Gasteiger partial charge is 0.292 e. The molecule has 9 heteroatoms. The molecule has 1 unspecified atom stereocenters. The van der Waals surface area contributed by atoms with Gasteiger partial charge in [-0.25, -0.2) is 8.42 Å². The Labute approximate surface area is 188 Å². The van der Waals surface area contributed by atoms with Gasteiger partial charge >= 0.3 is 0 Å². The molecule has 0 fully saturated rings. The van der Waals surface area contributed by atoms with Gasteiger partial charge in [-0.15, -0.1) is 5.10 Å². The van der Waals surface area contributed by atoms with Crippen LogP contribution in [0.2, 0.25) is 0 Å². The third-order valence-electron chi connectivity index (χ3n) is 5.71. The summed E-state index contributed by atoms with van der Waals surface area (Å²) in [6.07, 6.45) is 1.02. The van der Waals surface area contributed by atoms with E-state index >= 15 is 0 Å². The third kappa shape index (κ3) is 4.50. The Morgan fingerprint density at radius 1 is 1.13 bits per heavy atom. The molecule has 2 heterocycles. The Balaban J connectivity index is 1.57. The highest BCUT2D eigenvalue weighted by Gasteiger charge is 2.24. The lowest BCUT2D eigenvalue weighted by atomic mass is 10.0. The highest BCUT2D eigenvalue weighted by atomic mass is 32.2. The van der Waals surface area contributed by atoms with Crippen LogP contribution in [0, 0.1) is 4.84 Å². The van der Waals surface area contributed by atoms with Gasteiger partial charge in [0.05, 0.1) is 11.4 Å². The highest BCUT2D eigenvalue weighted by Crippen LogP contribution is 2.23. The van der Waals surface area contributed by atoms with Crippen LogP contribution in [0.3, 0.4) is 0 Å². The molecular weight excluding hydrogens is 432 g/mol. The first kappa shape index (κ1) is 21.9. The van der Waals surface area contributed by atoms with E-state index in [4.69, 9.17) is 16.6 Å². The molecule has 1 aliphatic rings. The van der Waals surface area contributed by atoms with Crippen molar-refractivity contribution in [1.82, 2.24) is 14.1 Å². The minimum atomic E-state index is -3.56. The van der Waals surface area contributed by atoms with Gasteiger partial charge in [-0.3, -0.25) is 0 Å². The number of hydrogen-bond acceptors (Lipinski definition) is 5. The zero-order valence-corrected chi connectivity index (χ0v) is 19.4. The number of sulfonamides is 1. The topological polar surface area (TPSA) is 72.8 Å². The lowest BCUT2D eigenvalue weighted by Crippen LogP contribution is -3.11. The lowest BCUT2D eigenvalue weighted by molar-refractivity contribution is -0.939. The molecule has 0 spiro atoms. The molecule has 1 N–H and O–H groups in total. The number of rotatable bonds is 7. The van der Waals surface area contributed by atoms with E-state index in [1.54, 1.807) is 28.9 Å². The van der Waals surface area contributed by atoms with Gasteiger partial charge in [0, 0.05) is 30.6 Å². The molecule has 7 nitrogen and oxygen atoms in total. The van der Waals surface area contributed by atoms with Gasteiger partial charge in [0.2, 0.25) is 15.9 Å². The Hall–Kier alpha value is -2.33. The second kappa shape index (κ2) is 9.04. The van der Waals surface area contributed by atoms with Crippen LogP contribution < -0.4 is 4.90 Å². The summed E-state index contributed by atoms with van der Waals surface area (Å²) in [4.78, 5) is 1.87. The van der Waals surface area contributed by atoms with Crippen LogP contribution in [0.1, 0.15) is 25.0 Å². The number of nitrogens with zero attached hydrogens (tertiary/aromatic N) is 3. The summed E-state index contributed by atoms with van der Waals surface area (Å²) in [7, 11) is -3.56. The molecule has 164 valence electrons. The van der Waals surface area contributed by atoms with E-state index in [2.05, 4.69) is 29.4 Å². The minimum Gasteiger partial charge on any atom is -0.409 e. The molecule has 1 atom stereocenters. The van der Waals surface area contributed by atoms with Crippen molar-refractivity contribution in [3.05, 3.63) is 64.5 Å². The van der Waals surface area contributed by atoms with Gasteiger partial charge in [0.1, 0.15) is 6.54 Å². The van der Waals surface area contributed by atoms with E-state index in [-0.39, 0.29) is 4.90 Å². The van der Waals surface area contributed by atoms with Crippen LogP contribution in [-0.4, -0.2) is 42.1 Å². The number of fused-ring (bicyclic) bond motifs is 1. The maximum atomic E-state index is 12.9. The fourth-order valence-electron chi connectivity index (χ4n) is 4.01. The second-order valence-corrected chi connectivity index (χ2v) is 9.93. The van der Waals surface area contributed by atoms with E-state index in [9.17, 15) is 8.42 Å². The average molecular weight is 460 g/mol. The summed E-state index contributed by atoms with van der Waals surface area (Å²) < 4.78 is 34.6. The maximum Gasteiger partial charge on any atom is 0.292 e. The van der Waals surface area contributed by atoms with Crippen LogP contribution in [0.15, 0.2) is 57.8 Å². The van der Waals surface area contributed by atoms with Crippen molar-refractivity contribution < 1.29 is 17.7 Å². The predicted molar refractivity (Wildman–Crippen MR) is 121 cm³/mol. The van der Waals surface area contributed by atoms with Crippen molar-refractivity contribution in [2.75, 3.05) is 19.6 Å². The summed E-state index contributed by atoms with van der Waals surface area (Å²) in [5, 5.41) is 4.56. The highest BCUT2D eigenvalue weighted by molar-refractivity contribution is 7.89. The number of hydrogen-bond donors (Lipinski definition) is 1. The van der Waals surface area contributed by atoms with Crippen molar-refractivity contribution in [2.24, 2.45) is 0 Å². The van der Waals surface area contributed by atoms with Gasteiger partial charge in [0.15, 0.2) is 6.67 Å². The lowest BCUT2D eigenvalue weighted by Gasteiger charge is -2.25.